The molecule has 0 spiro atoms. The summed E-state index contributed by atoms with van der Waals surface area (Å²) in [7, 11) is 0. The molecule has 1 atom stereocenters. The van der Waals surface area contributed by atoms with Gasteiger partial charge >= 0.3 is 0 Å². The van der Waals surface area contributed by atoms with Crippen LogP contribution in [-0.2, 0) is 0 Å². The Morgan fingerprint density at radius 2 is 1.50 bits per heavy atom. The molecule has 0 fully saturated rings. The minimum atomic E-state index is -0.282. The summed E-state index contributed by atoms with van der Waals surface area (Å²) in [5.74, 6) is 0. The second-order valence-electron chi connectivity index (χ2n) is 3.98. The van der Waals surface area contributed by atoms with Crippen LogP contribution >= 0.6 is 0 Å². The molecule has 0 aromatic heterocycles. The van der Waals surface area contributed by atoms with Crippen molar-refractivity contribution in [3.63, 3.8) is 0 Å². The highest BCUT2D eigenvalue weighted by atomic mass is 16.3. The van der Waals surface area contributed by atoms with Crippen LogP contribution in [0, 0.1) is 0 Å². The lowest BCUT2D eigenvalue weighted by Crippen LogP contribution is -2.27. The van der Waals surface area contributed by atoms with Crippen molar-refractivity contribution < 1.29 is 5.11 Å². The SMILES string of the molecule is CCCCCCCCCC(O)NCC. The van der Waals surface area contributed by atoms with E-state index in [1.165, 1.54) is 38.5 Å². The lowest BCUT2D eigenvalue weighted by atomic mass is 10.1. The zero-order chi connectivity index (χ0) is 10.6. The van der Waals surface area contributed by atoms with Gasteiger partial charge in [-0.25, -0.2) is 0 Å². The van der Waals surface area contributed by atoms with Gasteiger partial charge in [0.05, 0.1) is 0 Å². The van der Waals surface area contributed by atoms with E-state index < -0.39 is 0 Å². The maximum absolute atomic E-state index is 9.38. The van der Waals surface area contributed by atoms with Crippen LogP contribution in [0.3, 0.4) is 0 Å². The van der Waals surface area contributed by atoms with E-state index >= 15 is 0 Å². The third kappa shape index (κ3) is 10.0. The van der Waals surface area contributed by atoms with Gasteiger partial charge in [0.1, 0.15) is 6.23 Å². The summed E-state index contributed by atoms with van der Waals surface area (Å²) in [6, 6.07) is 0. The number of hydrogen-bond acceptors (Lipinski definition) is 2. The van der Waals surface area contributed by atoms with E-state index in [0.29, 0.717) is 0 Å². The van der Waals surface area contributed by atoms with Gasteiger partial charge in [0.25, 0.3) is 0 Å². The van der Waals surface area contributed by atoms with Gasteiger partial charge in [-0.3, -0.25) is 5.32 Å². The summed E-state index contributed by atoms with van der Waals surface area (Å²) in [6.45, 7) is 5.12. The summed E-state index contributed by atoms with van der Waals surface area (Å²) in [4.78, 5) is 0. The number of aliphatic hydroxyl groups excluding tert-OH is 1. The van der Waals surface area contributed by atoms with Gasteiger partial charge in [-0.2, -0.15) is 0 Å². The lowest BCUT2D eigenvalue weighted by Gasteiger charge is -2.10. The van der Waals surface area contributed by atoms with E-state index in [2.05, 4.69) is 12.2 Å². The quantitative estimate of drug-likeness (QED) is 0.420. The first-order valence-corrected chi connectivity index (χ1v) is 6.22. The molecule has 0 aromatic carbocycles. The third-order valence-corrected chi connectivity index (χ3v) is 2.52. The Bertz CT molecular complexity index is 106. The van der Waals surface area contributed by atoms with Gasteiger partial charge in [-0.05, 0) is 19.4 Å². The molecular weight excluding hydrogens is 174 g/mol. The number of unbranched alkanes of at least 4 members (excludes halogenated alkanes) is 6. The molecule has 86 valence electrons. The first-order chi connectivity index (χ1) is 6.81. The summed E-state index contributed by atoms with van der Waals surface area (Å²) < 4.78 is 0. The molecule has 0 aliphatic carbocycles. The summed E-state index contributed by atoms with van der Waals surface area (Å²) >= 11 is 0. The van der Waals surface area contributed by atoms with Crippen molar-refractivity contribution in [3.05, 3.63) is 0 Å². The van der Waals surface area contributed by atoms with Crippen molar-refractivity contribution in [2.24, 2.45) is 0 Å². The van der Waals surface area contributed by atoms with Crippen LogP contribution in [0.2, 0.25) is 0 Å². The van der Waals surface area contributed by atoms with Gasteiger partial charge in [-0.1, -0.05) is 52.4 Å². The molecule has 0 rings (SSSR count). The van der Waals surface area contributed by atoms with Gasteiger partial charge in [0.15, 0.2) is 0 Å². The van der Waals surface area contributed by atoms with Crippen molar-refractivity contribution in [1.82, 2.24) is 5.32 Å². The average molecular weight is 201 g/mol. The summed E-state index contributed by atoms with van der Waals surface area (Å²) in [5, 5.41) is 12.4. The smallest absolute Gasteiger partial charge is 0.104 e. The molecule has 2 N–H and O–H groups in total. The Balaban J connectivity index is 2.98. The highest BCUT2D eigenvalue weighted by Gasteiger charge is 1.99. The third-order valence-electron chi connectivity index (χ3n) is 2.52. The molecule has 0 aromatic rings. The summed E-state index contributed by atoms with van der Waals surface area (Å²) in [5.41, 5.74) is 0. The molecular formula is C12H27NO. The monoisotopic (exact) mass is 201 g/mol. The minimum Gasteiger partial charge on any atom is -0.379 e. The normalized spacial score (nSPS) is 13.1. The number of nitrogens with one attached hydrogen (secondary N) is 1. The van der Waals surface area contributed by atoms with Crippen molar-refractivity contribution in [1.29, 1.82) is 0 Å². The van der Waals surface area contributed by atoms with E-state index in [0.717, 1.165) is 19.4 Å². The molecule has 0 heterocycles. The first kappa shape index (κ1) is 13.9. The second kappa shape index (κ2) is 11.0. The zero-order valence-electron chi connectivity index (χ0n) is 9.89. The molecule has 0 aliphatic rings. The van der Waals surface area contributed by atoms with Crippen LogP contribution in [0.25, 0.3) is 0 Å². The van der Waals surface area contributed by atoms with Crippen LogP contribution in [0.5, 0.6) is 0 Å². The molecule has 0 amide bonds. The predicted molar refractivity (Wildman–Crippen MR) is 62.3 cm³/mol. The van der Waals surface area contributed by atoms with Crippen LogP contribution in [0.4, 0.5) is 0 Å². The predicted octanol–water partition coefficient (Wildman–Crippen LogP) is 3.06. The Kier molecular flexibility index (Phi) is 10.9. The Labute approximate surface area is 89.1 Å². The Hall–Kier alpha value is -0.0800. The van der Waals surface area contributed by atoms with Gasteiger partial charge in [0, 0.05) is 0 Å². The number of rotatable bonds is 10. The molecule has 0 radical (unpaired) electrons. The number of hydrogen-bond donors (Lipinski definition) is 2. The van der Waals surface area contributed by atoms with Crippen LogP contribution in [0.1, 0.15) is 65.2 Å². The molecule has 0 bridgehead atoms. The highest BCUT2D eigenvalue weighted by molar-refractivity contribution is 4.52. The molecule has 14 heavy (non-hydrogen) atoms. The lowest BCUT2D eigenvalue weighted by molar-refractivity contribution is 0.126. The van der Waals surface area contributed by atoms with Crippen molar-refractivity contribution in [2.45, 2.75) is 71.4 Å². The van der Waals surface area contributed by atoms with E-state index in [4.69, 9.17) is 0 Å². The largest absolute Gasteiger partial charge is 0.379 e. The van der Waals surface area contributed by atoms with Gasteiger partial charge in [0.2, 0.25) is 0 Å². The molecule has 0 saturated carbocycles. The van der Waals surface area contributed by atoms with E-state index in [9.17, 15) is 5.11 Å². The fourth-order valence-electron chi connectivity index (χ4n) is 1.63. The van der Waals surface area contributed by atoms with Crippen LogP contribution < -0.4 is 5.32 Å². The van der Waals surface area contributed by atoms with Crippen LogP contribution in [-0.4, -0.2) is 17.9 Å². The molecule has 1 unspecified atom stereocenters. The second-order valence-corrected chi connectivity index (χ2v) is 3.98. The van der Waals surface area contributed by atoms with Gasteiger partial charge < -0.3 is 5.11 Å². The van der Waals surface area contributed by atoms with Gasteiger partial charge in [-0.15, -0.1) is 0 Å². The first-order valence-electron chi connectivity index (χ1n) is 6.22. The molecule has 0 aliphatic heterocycles. The average Bonchev–Trinajstić information content (AvgIpc) is 2.17. The van der Waals surface area contributed by atoms with E-state index in [1.807, 2.05) is 6.92 Å². The van der Waals surface area contributed by atoms with Crippen molar-refractivity contribution in [2.75, 3.05) is 6.54 Å². The summed E-state index contributed by atoms with van der Waals surface area (Å²) in [6.07, 6.45) is 9.82. The Morgan fingerprint density at radius 3 is 2.07 bits per heavy atom. The van der Waals surface area contributed by atoms with Crippen molar-refractivity contribution >= 4 is 0 Å². The molecule has 0 saturated heterocycles. The van der Waals surface area contributed by atoms with E-state index in [-0.39, 0.29) is 6.23 Å². The Morgan fingerprint density at radius 1 is 0.929 bits per heavy atom. The maximum Gasteiger partial charge on any atom is 0.104 e. The minimum absolute atomic E-state index is 0.282. The topological polar surface area (TPSA) is 32.3 Å². The zero-order valence-corrected chi connectivity index (χ0v) is 9.89. The standard InChI is InChI=1S/C12H27NO/c1-3-5-6-7-8-9-10-11-12(14)13-4-2/h12-14H,3-11H2,1-2H3. The van der Waals surface area contributed by atoms with E-state index in [1.54, 1.807) is 0 Å². The molecule has 2 heteroatoms. The van der Waals surface area contributed by atoms with Crippen LogP contribution in [0.15, 0.2) is 0 Å². The highest BCUT2D eigenvalue weighted by Crippen LogP contribution is 2.08. The number of aliphatic hydroxyl groups is 1. The van der Waals surface area contributed by atoms with Crippen molar-refractivity contribution in [3.8, 4) is 0 Å². The fraction of sp³-hybridized carbons (Fsp3) is 1.00. The maximum atomic E-state index is 9.38. The fourth-order valence-corrected chi connectivity index (χ4v) is 1.63. The molecule has 2 nitrogen and oxygen atoms in total.